The molecule has 3 aromatic heterocycles. The number of furan rings is 1. The molecule has 0 saturated carbocycles. The van der Waals surface area contributed by atoms with Crippen LogP contribution in [0.15, 0.2) is 156 Å². The van der Waals surface area contributed by atoms with E-state index < -0.39 is 0 Å². The Labute approximate surface area is 270 Å². The fraction of sp³-hybridized carbons (Fsp3) is 0.0244. The lowest BCUT2D eigenvalue weighted by Gasteiger charge is -2.11. The van der Waals surface area contributed by atoms with Crippen LogP contribution in [0.5, 0.6) is 0 Å². The zero-order valence-corrected chi connectivity index (χ0v) is 25.3. The van der Waals surface area contributed by atoms with Crippen molar-refractivity contribution in [1.82, 2.24) is 24.5 Å². The van der Waals surface area contributed by atoms with Crippen LogP contribution in [0.2, 0.25) is 0 Å². The first-order valence-electron chi connectivity index (χ1n) is 15.6. The maximum absolute atomic E-state index is 6.71. The van der Waals surface area contributed by atoms with Gasteiger partial charge in [-0.15, -0.1) is 0 Å². The Kier molecular flexibility index (Phi) is 6.42. The van der Waals surface area contributed by atoms with Crippen molar-refractivity contribution in [2.75, 3.05) is 0 Å². The molecule has 6 nitrogen and oxygen atoms in total. The average Bonchev–Trinajstić information content (AvgIpc) is 3.75. The minimum atomic E-state index is 0.593. The fourth-order valence-electron chi connectivity index (χ4n) is 6.31. The lowest BCUT2D eigenvalue weighted by atomic mass is 9.98. The summed E-state index contributed by atoms with van der Waals surface area (Å²) in [6.45, 7) is 0. The number of rotatable bonds is 6. The second-order valence-electron chi connectivity index (χ2n) is 11.6. The molecule has 0 aliphatic heterocycles. The number of para-hydroxylation sites is 2. The van der Waals surface area contributed by atoms with Gasteiger partial charge < -0.3 is 4.42 Å². The Hall–Kier alpha value is -6.40. The molecule has 0 aliphatic rings. The lowest BCUT2D eigenvalue weighted by molar-refractivity contribution is 0.664. The zero-order chi connectivity index (χ0) is 31.2. The number of nitrogens with zero attached hydrogens (tertiary/aromatic N) is 5. The second-order valence-corrected chi connectivity index (χ2v) is 11.6. The van der Waals surface area contributed by atoms with E-state index in [1.807, 2.05) is 97.3 Å². The number of benzene rings is 6. The molecule has 0 bridgehead atoms. The van der Waals surface area contributed by atoms with Gasteiger partial charge in [-0.05, 0) is 47.5 Å². The van der Waals surface area contributed by atoms with Crippen LogP contribution in [0.3, 0.4) is 0 Å². The van der Waals surface area contributed by atoms with Crippen LogP contribution in [-0.2, 0) is 6.42 Å². The summed E-state index contributed by atoms with van der Waals surface area (Å²) in [5, 5.41) is 1.96. The summed E-state index contributed by atoms with van der Waals surface area (Å²) < 4.78 is 8.83. The van der Waals surface area contributed by atoms with Crippen molar-refractivity contribution in [3.05, 3.63) is 163 Å². The first-order valence-corrected chi connectivity index (χ1v) is 15.6. The van der Waals surface area contributed by atoms with Gasteiger partial charge >= 0.3 is 0 Å². The Morgan fingerprint density at radius 2 is 1.21 bits per heavy atom. The van der Waals surface area contributed by atoms with Crippen LogP contribution in [0.25, 0.3) is 72.8 Å². The van der Waals surface area contributed by atoms with Crippen LogP contribution in [0.1, 0.15) is 11.1 Å². The van der Waals surface area contributed by atoms with Crippen molar-refractivity contribution < 1.29 is 4.42 Å². The maximum atomic E-state index is 6.71. The fourth-order valence-corrected chi connectivity index (χ4v) is 6.31. The molecule has 0 radical (unpaired) electrons. The van der Waals surface area contributed by atoms with Gasteiger partial charge in [-0.3, -0.25) is 4.57 Å². The van der Waals surface area contributed by atoms with Gasteiger partial charge in [-0.1, -0.05) is 109 Å². The van der Waals surface area contributed by atoms with Gasteiger partial charge in [-0.2, -0.15) is 0 Å². The smallest absolute Gasteiger partial charge is 0.164 e. The molecule has 0 saturated heterocycles. The second kappa shape index (κ2) is 11.2. The molecule has 3 heterocycles. The molecule has 0 aliphatic carbocycles. The highest BCUT2D eigenvalue weighted by atomic mass is 16.3. The van der Waals surface area contributed by atoms with Crippen LogP contribution < -0.4 is 0 Å². The van der Waals surface area contributed by atoms with E-state index >= 15 is 0 Å². The van der Waals surface area contributed by atoms with Crippen molar-refractivity contribution in [3.8, 4) is 39.9 Å². The first-order chi connectivity index (χ1) is 23.3. The van der Waals surface area contributed by atoms with E-state index in [1.54, 1.807) is 0 Å². The average molecular weight is 606 g/mol. The Bertz CT molecular complexity index is 2480. The molecular weight excluding hydrogens is 578 g/mol. The molecule has 0 N–H and O–H groups in total. The van der Waals surface area contributed by atoms with E-state index in [9.17, 15) is 0 Å². The molecule has 9 aromatic rings. The SMILES string of the molecule is c1ccc(Cc2ccc(-c3nc(-c4ccccc4)nc(-c4ccccc4)n3)c3c2oc2ccc(-n4cnc5ccccc54)cc23)cc1. The van der Waals surface area contributed by atoms with Gasteiger partial charge in [0.25, 0.3) is 0 Å². The van der Waals surface area contributed by atoms with Gasteiger partial charge in [-0.25, -0.2) is 19.9 Å². The van der Waals surface area contributed by atoms with Gasteiger partial charge in [0.05, 0.1) is 11.0 Å². The van der Waals surface area contributed by atoms with Gasteiger partial charge in [0.15, 0.2) is 17.5 Å². The van der Waals surface area contributed by atoms with E-state index in [4.69, 9.17) is 19.4 Å². The van der Waals surface area contributed by atoms with Crippen molar-refractivity contribution >= 4 is 33.0 Å². The topological polar surface area (TPSA) is 69.6 Å². The number of imidazole rings is 1. The van der Waals surface area contributed by atoms with Crippen LogP contribution >= 0.6 is 0 Å². The minimum absolute atomic E-state index is 0.593. The Morgan fingerprint density at radius 3 is 1.94 bits per heavy atom. The molecule has 0 amide bonds. The van der Waals surface area contributed by atoms with Crippen LogP contribution in [-0.4, -0.2) is 24.5 Å². The molecule has 0 unspecified atom stereocenters. The third kappa shape index (κ3) is 4.84. The quantitative estimate of drug-likeness (QED) is 0.189. The summed E-state index contributed by atoms with van der Waals surface area (Å²) in [6.07, 6.45) is 2.61. The summed E-state index contributed by atoms with van der Waals surface area (Å²) in [5.74, 6) is 1.83. The lowest BCUT2D eigenvalue weighted by Crippen LogP contribution is -2.01. The zero-order valence-electron chi connectivity index (χ0n) is 25.3. The van der Waals surface area contributed by atoms with E-state index in [0.717, 1.165) is 67.3 Å². The summed E-state index contributed by atoms with van der Waals surface area (Å²) in [6, 6.07) is 49.4. The number of aromatic nitrogens is 5. The standard InChI is InChI=1S/C41H27N5O/c1-4-12-27(13-5-1)24-30-20-22-32(41-44-39(28-14-6-2-7-15-28)43-40(45-41)29-16-8-3-9-17-29)37-33-25-31(21-23-36(33)47-38(30)37)46-26-42-34-18-10-11-19-35(34)46/h1-23,25-26H,24H2. The molecule has 0 spiro atoms. The third-order valence-electron chi connectivity index (χ3n) is 8.59. The monoisotopic (exact) mass is 605 g/mol. The third-order valence-corrected chi connectivity index (χ3v) is 8.59. The summed E-state index contributed by atoms with van der Waals surface area (Å²) >= 11 is 0. The summed E-state index contributed by atoms with van der Waals surface area (Å²) in [5.41, 5.74) is 9.68. The predicted molar refractivity (Wildman–Crippen MR) is 187 cm³/mol. The molecule has 0 fully saturated rings. The highest BCUT2D eigenvalue weighted by molar-refractivity contribution is 6.13. The molecule has 222 valence electrons. The first kappa shape index (κ1) is 27.0. The number of hydrogen-bond donors (Lipinski definition) is 0. The molecular formula is C41H27N5O. The molecule has 0 atom stereocenters. The van der Waals surface area contributed by atoms with Gasteiger partial charge in [0.2, 0.25) is 0 Å². The van der Waals surface area contributed by atoms with E-state index in [1.165, 1.54) is 5.56 Å². The molecule has 6 aromatic carbocycles. The van der Waals surface area contributed by atoms with Crippen LogP contribution in [0.4, 0.5) is 0 Å². The largest absolute Gasteiger partial charge is 0.456 e. The maximum Gasteiger partial charge on any atom is 0.164 e. The van der Waals surface area contributed by atoms with Crippen molar-refractivity contribution in [3.63, 3.8) is 0 Å². The molecule has 47 heavy (non-hydrogen) atoms. The number of hydrogen-bond acceptors (Lipinski definition) is 5. The highest BCUT2D eigenvalue weighted by Gasteiger charge is 2.21. The summed E-state index contributed by atoms with van der Waals surface area (Å²) in [4.78, 5) is 19.7. The van der Waals surface area contributed by atoms with Crippen molar-refractivity contribution in [2.24, 2.45) is 0 Å². The minimum Gasteiger partial charge on any atom is -0.456 e. The van der Waals surface area contributed by atoms with E-state index in [0.29, 0.717) is 17.5 Å². The van der Waals surface area contributed by atoms with Gasteiger partial charge in [0, 0.05) is 39.6 Å². The highest BCUT2D eigenvalue weighted by Crippen LogP contribution is 2.40. The molecule has 9 rings (SSSR count). The number of fused-ring (bicyclic) bond motifs is 4. The van der Waals surface area contributed by atoms with Crippen molar-refractivity contribution in [2.45, 2.75) is 6.42 Å². The summed E-state index contributed by atoms with van der Waals surface area (Å²) in [7, 11) is 0. The van der Waals surface area contributed by atoms with Crippen LogP contribution in [0, 0.1) is 0 Å². The molecule has 6 heteroatoms. The van der Waals surface area contributed by atoms with E-state index in [2.05, 4.69) is 64.1 Å². The predicted octanol–water partition coefficient (Wildman–Crippen LogP) is 9.70. The Balaban J connectivity index is 1.31. The normalized spacial score (nSPS) is 11.5. The van der Waals surface area contributed by atoms with Crippen molar-refractivity contribution in [1.29, 1.82) is 0 Å². The van der Waals surface area contributed by atoms with Gasteiger partial charge in [0.1, 0.15) is 17.5 Å². The Morgan fingerprint density at radius 1 is 0.574 bits per heavy atom. The van der Waals surface area contributed by atoms with E-state index in [-0.39, 0.29) is 0 Å².